The quantitative estimate of drug-likeness (QED) is 0.671. The minimum Gasteiger partial charge on any atom is -0.378 e. The van der Waals surface area contributed by atoms with Gasteiger partial charge in [-0.1, -0.05) is 31.4 Å². The molecule has 0 aliphatic heterocycles. The number of hydrogen-bond donors (Lipinski definition) is 1. The van der Waals surface area contributed by atoms with Crippen molar-refractivity contribution in [2.45, 2.75) is 63.9 Å². The highest BCUT2D eigenvalue weighted by Crippen LogP contribution is 2.22. The second kappa shape index (κ2) is 9.88. The van der Waals surface area contributed by atoms with E-state index in [1.807, 2.05) is 18.2 Å². The van der Waals surface area contributed by atoms with Crippen LogP contribution in [0.1, 0.15) is 56.4 Å². The Bertz CT molecular complexity index is 632. The summed E-state index contributed by atoms with van der Waals surface area (Å²) >= 11 is 1.73. The van der Waals surface area contributed by atoms with Gasteiger partial charge in [0.2, 0.25) is 5.91 Å². The van der Waals surface area contributed by atoms with Crippen LogP contribution >= 0.6 is 11.3 Å². The fourth-order valence-electron chi connectivity index (χ4n) is 3.30. The standard InChI is InChI=1S/C20H28N2O2S/c23-19(21-14-7-15-24-16-8-2-1-3-9-16)12-6-13-20-22-17-10-4-5-11-18(17)25-20/h4-5,10-11,16H,1-3,6-9,12-15H2,(H,21,23). The Kier molecular flexibility index (Phi) is 7.24. The van der Waals surface area contributed by atoms with Crippen molar-refractivity contribution in [2.24, 2.45) is 0 Å². The lowest BCUT2D eigenvalue weighted by Gasteiger charge is -2.21. The number of fused-ring (bicyclic) bond motifs is 1. The Morgan fingerprint density at radius 1 is 1.20 bits per heavy atom. The molecule has 25 heavy (non-hydrogen) atoms. The molecule has 1 aromatic heterocycles. The highest BCUT2D eigenvalue weighted by molar-refractivity contribution is 7.18. The highest BCUT2D eigenvalue weighted by atomic mass is 32.1. The van der Waals surface area contributed by atoms with E-state index >= 15 is 0 Å². The van der Waals surface area contributed by atoms with Crippen LogP contribution in [0.5, 0.6) is 0 Å². The first-order chi connectivity index (χ1) is 12.3. The first-order valence-corrected chi connectivity index (χ1v) is 10.4. The summed E-state index contributed by atoms with van der Waals surface area (Å²) in [7, 11) is 0. The van der Waals surface area contributed by atoms with Crippen molar-refractivity contribution in [3.05, 3.63) is 29.3 Å². The van der Waals surface area contributed by atoms with Crippen molar-refractivity contribution in [2.75, 3.05) is 13.2 Å². The number of nitrogens with zero attached hydrogens (tertiary/aromatic N) is 1. The number of carbonyl (C=O) groups is 1. The molecule has 1 fully saturated rings. The summed E-state index contributed by atoms with van der Waals surface area (Å²) in [6, 6.07) is 8.18. The zero-order valence-corrected chi connectivity index (χ0v) is 15.7. The molecular formula is C20H28N2O2S. The first-order valence-electron chi connectivity index (χ1n) is 9.54. The van der Waals surface area contributed by atoms with Crippen LogP contribution in [0.2, 0.25) is 0 Å². The van der Waals surface area contributed by atoms with Gasteiger partial charge in [-0.25, -0.2) is 4.98 Å². The third-order valence-electron chi connectivity index (χ3n) is 4.68. The molecule has 0 radical (unpaired) electrons. The molecule has 0 saturated heterocycles. The van der Waals surface area contributed by atoms with Gasteiger partial charge in [-0.3, -0.25) is 4.79 Å². The number of carbonyl (C=O) groups excluding carboxylic acids is 1. The molecule has 1 aliphatic carbocycles. The Hall–Kier alpha value is -1.46. The first kappa shape index (κ1) is 18.3. The van der Waals surface area contributed by atoms with Crippen molar-refractivity contribution >= 4 is 27.5 Å². The van der Waals surface area contributed by atoms with E-state index in [9.17, 15) is 4.79 Å². The molecule has 1 aromatic carbocycles. The van der Waals surface area contributed by atoms with E-state index < -0.39 is 0 Å². The molecule has 1 saturated carbocycles. The average molecular weight is 361 g/mol. The largest absolute Gasteiger partial charge is 0.378 e. The zero-order chi connectivity index (χ0) is 17.3. The van der Waals surface area contributed by atoms with Crippen LogP contribution in [0.25, 0.3) is 10.2 Å². The van der Waals surface area contributed by atoms with Crippen LogP contribution in [-0.4, -0.2) is 30.1 Å². The van der Waals surface area contributed by atoms with Gasteiger partial charge in [0.15, 0.2) is 0 Å². The van der Waals surface area contributed by atoms with E-state index in [1.165, 1.54) is 36.8 Å². The third kappa shape index (κ3) is 6.08. The maximum atomic E-state index is 11.9. The minimum absolute atomic E-state index is 0.138. The second-order valence-corrected chi connectivity index (χ2v) is 7.88. The van der Waals surface area contributed by atoms with Crippen LogP contribution in [-0.2, 0) is 16.0 Å². The predicted molar refractivity (Wildman–Crippen MR) is 103 cm³/mol. The van der Waals surface area contributed by atoms with Gasteiger partial charge < -0.3 is 10.1 Å². The summed E-state index contributed by atoms with van der Waals surface area (Å²) in [6.07, 6.45) is 10.0. The maximum absolute atomic E-state index is 11.9. The van der Waals surface area contributed by atoms with Gasteiger partial charge in [-0.2, -0.15) is 0 Å². The maximum Gasteiger partial charge on any atom is 0.220 e. The molecule has 2 aromatic rings. The van der Waals surface area contributed by atoms with E-state index in [4.69, 9.17) is 4.74 Å². The lowest BCUT2D eigenvalue weighted by atomic mass is 9.98. The summed E-state index contributed by atoms with van der Waals surface area (Å²) in [5.41, 5.74) is 1.06. The molecule has 1 heterocycles. The van der Waals surface area contributed by atoms with Gasteiger partial charge in [0.05, 0.1) is 21.3 Å². The number of rotatable bonds is 9. The fourth-order valence-corrected chi connectivity index (χ4v) is 4.31. The molecule has 5 heteroatoms. The van der Waals surface area contributed by atoms with E-state index in [1.54, 1.807) is 11.3 Å². The average Bonchev–Trinajstić information content (AvgIpc) is 3.05. The fraction of sp³-hybridized carbons (Fsp3) is 0.600. The Labute approximate surface area is 154 Å². The molecule has 0 unspecified atom stereocenters. The highest BCUT2D eigenvalue weighted by Gasteiger charge is 2.13. The van der Waals surface area contributed by atoms with Crippen molar-refractivity contribution < 1.29 is 9.53 Å². The zero-order valence-electron chi connectivity index (χ0n) is 14.8. The molecule has 0 bridgehead atoms. The lowest BCUT2D eigenvalue weighted by molar-refractivity contribution is -0.121. The third-order valence-corrected chi connectivity index (χ3v) is 5.78. The normalized spacial score (nSPS) is 15.5. The van der Waals surface area contributed by atoms with E-state index in [-0.39, 0.29) is 5.91 Å². The van der Waals surface area contributed by atoms with Crippen LogP contribution in [0, 0.1) is 0 Å². The summed E-state index contributed by atoms with van der Waals surface area (Å²) in [5, 5.41) is 4.12. The monoisotopic (exact) mass is 360 g/mol. The topological polar surface area (TPSA) is 51.2 Å². The van der Waals surface area contributed by atoms with Crippen molar-refractivity contribution in [3.63, 3.8) is 0 Å². The van der Waals surface area contributed by atoms with Gasteiger partial charge in [0, 0.05) is 19.6 Å². The number of para-hydroxylation sites is 1. The number of amides is 1. The molecule has 1 amide bonds. The number of aromatic nitrogens is 1. The summed E-state index contributed by atoms with van der Waals surface area (Å²) in [5.74, 6) is 0.138. The number of ether oxygens (including phenoxy) is 1. The van der Waals surface area contributed by atoms with Crippen molar-refractivity contribution in [1.29, 1.82) is 0 Å². The van der Waals surface area contributed by atoms with Gasteiger partial charge in [0.25, 0.3) is 0 Å². The Balaban J connectivity index is 1.24. The van der Waals surface area contributed by atoms with Crippen LogP contribution in [0.3, 0.4) is 0 Å². The summed E-state index contributed by atoms with van der Waals surface area (Å²) in [4.78, 5) is 16.5. The number of thiazole rings is 1. The van der Waals surface area contributed by atoms with Gasteiger partial charge in [0.1, 0.15) is 0 Å². The predicted octanol–water partition coefficient (Wildman–Crippen LogP) is 4.47. The summed E-state index contributed by atoms with van der Waals surface area (Å²) < 4.78 is 7.10. The van der Waals surface area contributed by atoms with Crippen molar-refractivity contribution in [1.82, 2.24) is 10.3 Å². The molecule has 4 nitrogen and oxygen atoms in total. The summed E-state index contributed by atoms with van der Waals surface area (Å²) in [6.45, 7) is 1.48. The Morgan fingerprint density at radius 2 is 2.04 bits per heavy atom. The smallest absolute Gasteiger partial charge is 0.220 e. The molecule has 3 rings (SSSR count). The lowest BCUT2D eigenvalue weighted by Crippen LogP contribution is -2.26. The second-order valence-electron chi connectivity index (χ2n) is 6.76. The van der Waals surface area contributed by atoms with Crippen LogP contribution in [0.15, 0.2) is 24.3 Å². The minimum atomic E-state index is 0.138. The molecule has 1 N–H and O–H groups in total. The van der Waals surface area contributed by atoms with Crippen LogP contribution < -0.4 is 5.32 Å². The number of nitrogens with one attached hydrogen (secondary N) is 1. The Morgan fingerprint density at radius 3 is 2.88 bits per heavy atom. The number of aryl methyl sites for hydroxylation is 1. The molecule has 0 spiro atoms. The molecular weight excluding hydrogens is 332 g/mol. The van der Waals surface area contributed by atoms with Gasteiger partial charge in [-0.15, -0.1) is 11.3 Å². The number of benzene rings is 1. The molecule has 1 aliphatic rings. The van der Waals surface area contributed by atoms with E-state index in [0.717, 1.165) is 36.4 Å². The van der Waals surface area contributed by atoms with E-state index in [0.29, 0.717) is 19.1 Å². The molecule has 136 valence electrons. The van der Waals surface area contributed by atoms with Gasteiger partial charge >= 0.3 is 0 Å². The molecule has 0 atom stereocenters. The number of hydrogen-bond acceptors (Lipinski definition) is 4. The van der Waals surface area contributed by atoms with E-state index in [2.05, 4.69) is 16.4 Å². The van der Waals surface area contributed by atoms with Gasteiger partial charge in [-0.05, 0) is 44.2 Å². The van der Waals surface area contributed by atoms with Crippen LogP contribution in [0.4, 0.5) is 0 Å². The van der Waals surface area contributed by atoms with Crippen molar-refractivity contribution in [3.8, 4) is 0 Å². The SMILES string of the molecule is O=C(CCCc1nc2ccccc2s1)NCCCOC1CCCCC1.